The molecule has 0 bridgehead atoms. The number of amides is 1. The summed E-state index contributed by atoms with van der Waals surface area (Å²) in [6.07, 6.45) is -4.81. The Hall–Kier alpha value is -1.34. The third kappa shape index (κ3) is 4.15. The second-order valence-electron chi connectivity index (χ2n) is 3.47. The van der Waals surface area contributed by atoms with E-state index in [9.17, 15) is 22.4 Å². The number of halogens is 5. The van der Waals surface area contributed by atoms with Crippen molar-refractivity contribution in [1.82, 2.24) is 0 Å². The number of anilines is 1. The van der Waals surface area contributed by atoms with Gasteiger partial charge in [-0.05, 0) is 25.1 Å². The summed E-state index contributed by atoms with van der Waals surface area (Å²) < 4.78 is 49.9. The molecule has 1 atom stereocenters. The Morgan fingerprint density at radius 2 is 1.94 bits per heavy atom. The summed E-state index contributed by atoms with van der Waals surface area (Å²) in [4.78, 5) is 11.1. The van der Waals surface area contributed by atoms with Gasteiger partial charge in [0, 0.05) is 5.69 Å². The number of carbonyl (C=O) groups excluding carboxylic acids is 1. The van der Waals surface area contributed by atoms with E-state index in [2.05, 4.69) is 5.32 Å². The van der Waals surface area contributed by atoms with Crippen molar-refractivity contribution in [2.24, 2.45) is 5.73 Å². The lowest BCUT2D eigenvalue weighted by atomic mass is 10.1. The molecule has 3 N–H and O–H groups in total. The van der Waals surface area contributed by atoms with Crippen LogP contribution >= 0.6 is 12.4 Å². The zero-order valence-electron chi connectivity index (χ0n) is 9.22. The molecule has 0 radical (unpaired) electrons. The van der Waals surface area contributed by atoms with Crippen molar-refractivity contribution in [1.29, 1.82) is 0 Å². The van der Waals surface area contributed by atoms with Crippen LogP contribution in [-0.4, -0.2) is 11.9 Å². The second-order valence-corrected chi connectivity index (χ2v) is 3.47. The summed E-state index contributed by atoms with van der Waals surface area (Å²) in [6.45, 7) is 1.38. The van der Waals surface area contributed by atoms with Crippen LogP contribution in [0.1, 0.15) is 12.5 Å². The highest BCUT2D eigenvalue weighted by Gasteiger charge is 2.34. The summed E-state index contributed by atoms with van der Waals surface area (Å²) in [7, 11) is 0. The molecule has 0 spiro atoms. The van der Waals surface area contributed by atoms with Crippen molar-refractivity contribution in [3.8, 4) is 0 Å². The van der Waals surface area contributed by atoms with Gasteiger partial charge in [-0.1, -0.05) is 0 Å². The van der Waals surface area contributed by atoms with E-state index >= 15 is 0 Å². The van der Waals surface area contributed by atoms with Crippen LogP contribution in [0.4, 0.5) is 23.2 Å². The fraction of sp³-hybridized carbons (Fsp3) is 0.300. The first-order chi connectivity index (χ1) is 7.71. The first kappa shape index (κ1) is 16.7. The average Bonchev–Trinajstić information content (AvgIpc) is 2.19. The average molecular weight is 287 g/mol. The summed E-state index contributed by atoms with van der Waals surface area (Å²) in [6, 6.07) is 1.33. The maximum Gasteiger partial charge on any atom is 0.419 e. The molecule has 0 aromatic heterocycles. The highest BCUT2D eigenvalue weighted by Crippen LogP contribution is 2.32. The van der Waals surface area contributed by atoms with E-state index in [4.69, 9.17) is 5.73 Å². The molecule has 1 amide bonds. The predicted molar refractivity (Wildman–Crippen MR) is 60.9 cm³/mol. The van der Waals surface area contributed by atoms with Crippen molar-refractivity contribution < 1.29 is 22.4 Å². The fourth-order valence-electron chi connectivity index (χ4n) is 1.08. The number of rotatable bonds is 2. The molecule has 0 fully saturated rings. The van der Waals surface area contributed by atoms with Gasteiger partial charge in [0.25, 0.3) is 0 Å². The third-order valence-electron chi connectivity index (χ3n) is 1.95. The SMILES string of the molecule is C[C@@H](N)C(=O)Nc1ccc(F)c(C(F)(F)F)c1.Cl. The molecule has 102 valence electrons. The normalized spacial score (nSPS) is 12.6. The van der Waals surface area contributed by atoms with E-state index in [0.717, 1.165) is 6.07 Å². The van der Waals surface area contributed by atoms with Crippen LogP contribution in [-0.2, 0) is 11.0 Å². The maximum absolute atomic E-state index is 12.9. The molecule has 0 unspecified atom stereocenters. The molecule has 1 rings (SSSR count). The van der Waals surface area contributed by atoms with Gasteiger partial charge in [0.05, 0.1) is 11.6 Å². The lowest BCUT2D eigenvalue weighted by molar-refractivity contribution is -0.140. The Morgan fingerprint density at radius 3 is 2.39 bits per heavy atom. The van der Waals surface area contributed by atoms with Crippen LogP contribution in [0.25, 0.3) is 0 Å². The Morgan fingerprint density at radius 1 is 1.39 bits per heavy atom. The molecule has 18 heavy (non-hydrogen) atoms. The van der Waals surface area contributed by atoms with Crippen LogP contribution in [0.15, 0.2) is 18.2 Å². The van der Waals surface area contributed by atoms with E-state index in [-0.39, 0.29) is 18.1 Å². The van der Waals surface area contributed by atoms with Gasteiger partial charge in [-0.2, -0.15) is 13.2 Å². The van der Waals surface area contributed by atoms with Crippen molar-refractivity contribution >= 4 is 24.0 Å². The lowest BCUT2D eigenvalue weighted by Crippen LogP contribution is -2.32. The first-order valence-electron chi connectivity index (χ1n) is 4.65. The lowest BCUT2D eigenvalue weighted by Gasteiger charge is -2.12. The zero-order valence-corrected chi connectivity index (χ0v) is 10.0. The van der Waals surface area contributed by atoms with Gasteiger partial charge in [0.15, 0.2) is 0 Å². The monoisotopic (exact) mass is 286 g/mol. The minimum absolute atomic E-state index is 0. The molecule has 0 saturated heterocycles. The Balaban J connectivity index is 0.00000289. The van der Waals surface area contributed by atoms with E-state index in [1.165, 1.54) is 6.92 Å². The number of alkyl halides is 3. The molecule has 8 heteroatoms. The van der Waals surface area contributed by atoms with Crippen molar-refractivity contribution in [3.63, 3.8) is 0 Å². The zero-order chi connectivity index (χ0) is 13.2. The number of hydrogen-bond donors (Lipinski definition) is 2. The van der Waals surface area contributed by atoms with E-state index in [0.29, 0.717) is 12.1 Å². The molecular formula is C10H11ClF4N2O. The van der Waals surface area contributed by atoms with Crippen LogP contribution in [0.5, 0.6) is 0 Å². The molecule has 0 aliphatic heterocycles. The summed E-state index contributed by atoms with van der Waals surface area (Å²) in [5.74, 6) is -2.04. The van der Waals surface area contributed by atoms with Crippen molar-refractivity contribution in [3.05, 3.63) is 29.6 Å². The largest absolute Gasteiger partial charge is 0.419 e. The minimum atomic E-state index is -4.81. The van der Waals surface area contributed by atoms with Gasteiger partial charge >= 0.3 is 6.18 Å². The number of nitrogens with two attached hydrogens (primary N) is 1. The van der Waals surface area contributed by atoms with E-state index in [1.807, 2.05) is 0 Å². The Kier molecular flexibility index (Phi) is 5.56. The van der Waals surface area contributed by atoms with Gasteiger partial charge in [-0.25, -0.2) is 4.39 Å². The second kappa shape index (κ2) is 6.01. The third-order valence-corrected chi connectivity index (χ3v) is 1.95. The fourth-order valence-corrected chi connectivity index (χ4v) is 1.08. The molecule has 0 saturated carbocycles. The van der Waals surface area contributed by atoms with Gasteiger partial charge in [0.2, 0.25) is 5.91 Å². The predicted octanol–water partition coefficient (Wildman–Crippen LogP) is 2.55. The molecule has 1 aromatic rings. The van der Waals surface area contributed by atoms with Crippen molar-refractivity contribution in [2.75, 3.05) is 5.32 Å². The molecule has 1 aromatic carbocycles. The Labute approximate surface area is 107 Å². The van der Waals surface area contributed by atoms with Gasteiger partial charge < -0.3 is 11.1 Å². The van der Waals surface area contributed by atoms with Crippen LogP contribution in [0, 0.1) is 5.82 Å². The Bertz CT molecular complexity index is 434. The van der Waals surface area contributed by atoms with Crippen LogP contribution in [0.2, 0.25) is 0 Å². The molecule has 0 aliphatic carbocycles. The summed E-state index contributed by atoms with van der Waals surface area (Å²) in [5, 5.41) is 2.15. The minimum Gasteiger partial charge on any atom is -0.325 e. The summed E-state index contributed by atoms with van der Waals surface area (Å²) >= 11 is 0. The molecule has 3 nitrogen and oxygen atoms in total. The molecule has 0 heterocycles. The molecular weight excluding hydrogens is 276 g/mol. The van der Waals surface area contributed by atoms with Gasteiger partial charge in [0.1, 0.15) is 5.82 Å². The maximum atomic E-state index is 12.9. The van der Waals surface area contributed by atoms with Crippen molar-refractivity contribution in [2.45, 2.75) is 19.1 Å². The topological polar surface area (TPSA) is 55.1 Å². The van der Waals surface area contributed by atoms with Gasteiger partial charge in [-0.3, -0.25) is 4.79 Å². The van der Waals surface area contributed by atoms with Crippen LogP contribution < -0.4 is 11.1 Å². The van der Waals surface area contributed by atoms with Crippen LogP contribution in [0.3, 0.4) is 0 Å². The number of benzene rings is 1. The highest BCUT2D eigenvalue weighted by molar-refractivity contribution is 5.94. The first-order valence-corrected chi connectivity index (χ1v) is 4.65. The van der Waals surface area contributed by atoms with Gasteiger partial charge in [-0.15, -0.1) is 12.4 Å². The summed E-state index contributed by atoms with van der Waals surface area (Å²) in [5.41, 5.74) is 3.65. The quantitative estimate of drug-likeness (QED) is 0.821. The standard InChI is InChI=1S/C10H10F4N2O.ClH/c1-5(15)9(17)16-6-2-3-8(11)7(4-6)10(12,13)14;/h2-5H,15H2,1H3,(H,16,17);1H/t5-;/m1./s1. The van der Waals surface area contributed by atoms with E-state index in [1.54, 1.807) is 0 Å². The highest BCUT2D eigenvalue weighted by atomic mass is 35.5. The number of nitrogens with one attached hydrogen (secondary N) is 1. The van der Waals surface area contributed by atoms with E-state index < -0.39 is 29.5 Å². The number of carbonyl (C=O) groups is 1. The molecule has 0 aliphatic rings. The number of hydrogen-bond acceptors (Lipinski definition) is 2. The smallest absolute Gasteiger partial charge is 0.325 e.